The van der Waals surface area contributed by atoms with Gasteiger partial charge in [-0.3, -0.25) is 0 Å². The first-order valence-corrected chi connectivity index (χ1v) is 8.40. The van der Waals surface area contributed by atoms with Crippen LogP contribution in [0.5, 0.6) is 0 Å². The van der Waals surface area contributed by atoms with Crippen molar-refractivity contribution in [2.24, 2.45) is 0 Å². The topological polar surface area (TPSA) is 15.3 Å². The lowest BCUT2D eigenvalue weighted by molar-refractivity contribution is 0.400. The first-order valence-electron chi connectivity index (χ1n) is 7.62. The van der Waals surface area contributed by atoms with E-state index in [2.05, 4.69) is 10.2 Å². The van der Waals surface area contributed by atoms with Crippen LogP contribution in [0.3, 0.4) is 0 Å². The lowest BCUT2D eigenvalue weighted by atomic mass is 10.2. The molecule has 0 heterocycles. The van der Waals surface area contributed by atoms with Crippen molar-refractivity contribution in [2.45, 2.75) is 32.4 Å². The molecule has 1 aliphatic carbocycles. The van der Waals surface area contributed by atoms with Gasteiger partial charge in [-0.2, -0.15) is 0 Å². The van der Waals surface area contributed by atoms with Gasteiger partial charge >= 0.3 is 0 Å². The minimum atomic E-state index is -0.191. The van der Waals surface area contributed by atoms with Crippen LogP contribution in [-0.2, 0) is 6.54 Å². The third kappa shape index (κ3) is 4.01. The summed E-state index contributed by atoms with van der Waals surface area (Å²) in [5.74, 6) is -0.191. The quantitative estimate of drug-likeness (QED) is 0.769. The van der Waals surface area contributed by atoms with Crippen molar-refractivity contribution in [2.75, 3.05) is 5.32 Å². The van der Waals surface area contributed by atoms with E-state index < -0.39 is 0 Å². The highest BCUT2D eigenvalue weighted by molar-refractivity contribution is 7.80. The van der Waals surface area contributed by atoms with E-state index >= 15 is 0 Å². The Morgan fingerprint density at radius 3 is 2.70 bits per heavy atom. The SMILES string of the molecule is Cc1cc(Cl)ccc1NC(=S)N(Cc1ccccc1F)C1CC1. The van der Waals surface area contributed by atoms with Gasteiger partial charge in [-0.1, -0.05) is 29.8 Å². The molecule has 5 heteroatoms. The van der Waals surface area contributed by atoms with Crippen molar-refractivity contribution in [1.29, 1.82) is 0 Å². The monoisotopic (exact) mass is 348 g/mol. The van der Waals surface area contributed by atoms with Crippen molar-refractivity contribution in [3.8, 4) is 0 Å². The summed E-state index contributed by atoms with van der Waals surface area (Å²) in [5.41, 5.74) is 2.62. The fourth-order valence-electron chi connectivity index (χ4n) is 2.52. The first kappa shape index (κ1) is 16.2. The van der Waals surface area contributed by atoms with Crippen LogP contribution in [0.1, 0.15) is 24.0 Å². The highest BCUT2D eigenvalue weighted by Crippen LogP contribution is 2.30. The third-order valence-corrected chi connectivity index (χ3v) is 4.55. The number of halogens is 2. The second kappa shape index (κ2) is 6.85. The standard InChI is InChI=1S/C18H18ClFN2S/c1-12-10-14(19)6-9-17(12)21-18(23)22(15-7-8-15)11-13-4-2-3-5-16(13)20/h2-6,9-10,15H,7-8,11H2,1H3,(H,21,23). The molecule has 0 saturated heterocycles. The van der Waals surface area contributed by atoms with Crippen molar-refractivity contribution < 1.29 is 4.39 Å². The average molecular weight is 349 g/mol. The number of rotatable bonds is 4. The van der Waals surface area contributed by atoms with Gasteiger partial charge in [0.05, 0.1) is 0 Å². The van der Waals surface area contributed by atoms with Crippen molar-refractivity contribution >= 4 is 34.6 Å². The lowest BCUT2D eigenvalue weighted by Gasteiger charge is -2.26. The molecule has 0 aliphatic heterocycles. The summed E-state index contributed by atoms with van der Waals surface area (Å²) in [7, 11) is 0. The van der Waals surface area contributed by atoms with Gasteiger partial charge in [0.1, 0.15) is 5.82 Å². The minimum Gasteiger partial charge on any atom is -0.342 e. The van der Waals surface area contributed by atoms with Crippen LogP contribution in [0, 0.1) is 12.7 Å². The average Bonchev–Trinajstić information content (AvgIpc) is 3.34. The number of hydrogen-bond acceptors (Lipinski definition) is 1. The van der Waals surface area contributed by atoms with Gasteiger partial charge in [0.25, 0.3) is 0 Å². The van der Waals surface area contributed by atoms with Crippen LogP contribution in [0.4, 0.5) is 10.1 Å². The summed E-state index contributed by atoms with van der Waals surface area (Å²) in [6, 6.07) is 12.9. The molecule has 0 atom stereocenters. The molecule has 0 unspecified atom stereocenters. The summed E-state index contributed by atoms with van der Waals surface area (Å²) >= 11 is 11.6. The number of nitrogens with zero attached hydrogens (tertiary/aromatic N) is 1. The van der Waals surface area contributed by atoms with E-state index in [0.29, 0.717) is 28.3 Å². The van der Waals surface area contributed by atoms with E-state index in [4.69, 9.17) is 23.8 Å². The molecular formula is C18H18ClFN2S. The zero-order chi connectivity index (χ0) is 16.4. The Balaban J connectivity index is 1.76. The van der Waals surface area contributed by atoms with E-state index in [1.807, 2.05) is 31.2 Å². The zero-order valence-electron chi connectivity index (χ0n) is 12.9. The van der Waals surface area contributed by atoms with Gasteiger partial charge in [0, 0.05) is 28.9 Å². The molecule has 23 heavy (non-hydrogen) atoms. The Morgan fingerprint density at radius 1 is 1.30 bits per heavy atom. The molecule has 120 valence electrons. The molecule has 1 saturated carbocycles. The Hall–Kier alpha value is -1.65. The van der Waals surface area contributed by atoms with E-state index in [-0.39, 0.29) is 5.82 Å². The Bertz CT molecular complexity index is 731. The second-order valence-corrected chi connectivity index (χ2v) is 6.66. The highest BCUT2D eigenvalue weighted by atomic mass is 35.5. The second-order valence-electron chi connectivity index (χ2n) is 5.84. The Morgan fingerprint density at radius 2 is 2.04 bits per heavy atom. The molecule has 1 N–H and O–H groups in total. The maximum absolute atomic E-state index is 13.9. The van der Waals surface area contributed by atoms with E-state index in [1.165, 1.54) is 6.07 Å². The first-order chi connectivity index (χ1) is 11.0. The Labute approximate surface area is 146 Å². The molecular weight excluding hydrogens is 331 g/mol. The fourth-order valence-corrected chi connectivity index (χ4v) is 3.07. The molecule has 2 aromatic rings. The van der Waals surface area contributed by atoms with Crippen LogP contribution >= 0.6 is 23.8 Å². The highest BCUT2D eigenvalue weighted by Gasteiger charge is 2.31. The summed E-state index contributed by atoms with van der Waals surface area (Å²) in [5, 5.41) is 4.60. The normalized spacial score (nSPS) is 13.7. The lowest BCUT2D eigenvalue weighted by Crippen LogP contribution is -2.36. The zero-order valence-corrected chi connectivity index (χ0v) is 14.4. The maximum Gasteiger partial charge on any atom is 0.173 e. The fraction of sp³-hybridized carbons (Fsp3) is 0.278. The number of benzene rings is 2. The number of nitrogens with one attached hydrogen (secondary N) is 1. The summed E-state index contributed by atoms with van der Waals surface area (Å²) in [4.78, 5) is 2.07. The van der Waals surface area contributed by atoms with E-state index in [0.717, 1.165) is 24.1 Å². The van der Waals surface area contributed by atoms with Crippen molar-refractivity contribution in [1.82, 2.24) is 4.90 Å². The molecule has 0 spiro atoms. The number of aryl methyl sites for hydroxylation is 1. The van der Waals surface area contributed by atoms with Crippen LogP contribution in [0.2, 0.25) is 5.02 Å². The molecule has 2 nitrogen and oxygen atoms in total. The van der Waals surface area contributed by atoms with Crippen molar-refractivity contribution in [3.05, 3.63) is 64.4 Å². The molecule has 2 aromatic carbocycles. The number of hydrogen-bond donors (Lipinski definition) is 1. The molecule has 0 bridgehead atoms. The van der Waals surface area contributed by atoms with Crippen molar-refractivity contribution in [3.63, 3.8) is 0 Å². The summed E-state index contributed by atoms with van der Waals surface area (Å²) in [6.45, 7) is 2.46. The predicted molar refractivity (Wildman–Crippen MR) is 97.4 cm³/mol. The van der Waals surface area contributed by atoms with Gasteiger partial charge in [-0.15, -0.1) is 0 Å². The molecule has 3 rings (SSSR count). The largest absolute Gasteiger partial charge is 0.342 e. The molecule has 1 fully saturated rings. The predicted octanol–water partition coefficient (Wildman–Crippen LogP) is 5.15. The van der Waals surface area contributed by atoms with E-state index in [9.17, 15) is 4.39 Å². The van der Waals surface area contributed by atoms with Crippen LogP contribution in [-0.4, -0.2) is 16.1 Å². The summed E-state index contributed by atoms with van der Waals surface area (Å²) < 4.78 is 13.9. The molecule has 0 amide bonds. The van der Waals surface area contributed by atoms with Gasteiger partial charge in [0.15, 0.2) is 5.11 Å². The number of anilines is 1. The summed E-state index contributed by atoms with van der Waals surface area (Å²) in [6.07, 6.45) is 2.19. The molecule has 1 aliphatic rings. The van der Waals surface area contributed by atoms with Gasteiger partial charge < -0.3 is 10.2 Å². The third-order valence-electron chi connectivity index (χ3n) is 3.98. The van der Waals surface area contributed by atoms with Crippen LogP contribution < -0.4 is 5.32 Å². The molecule has 0 radical (unpaired) electrons. The van der Waals surface area contributed by atoms with Crippen LogP contribution in [0.15, 0.2) is 42.5 Å². The number of thiocarbonyl (C=S) groups is 1. The van der Waals surface area contributed by atoms with E-state index in [1.54, 1.807) is 12.1 Å². The van der Waals surface area contributed by atoms with Gasteiger partial charge in [-0.05, 0) is 61.8 Å². The Kier molecular flexibility index (Phi) is 4.83. The minimum absolute atomic E-state index is 0.191. The van der Waals surface area contributed by atoms with Gasteiger partial charge in [0.2, 0.25) is 0 Å². The van der Waals surface area contributed by atoms with Crippen LogP contribution in [0.25, 0.3) is 0 Å². The maximum atomic E-state index is 13.9. The molecule has 0 aromatic heterocycles. The smallest absolute Gasteiger partial charge is 0.173 e. The van der Waals surface area contributed by atoms with Gasteiger partial charge in [-0.25, -0.2) is 4.39 Å².